The lowest BCUT2D eigenvalue weighted by Crippen LogP contribution is -2.40. The summed E-state index contributed by atoms with van der Waals surface area (Å²) in [5.41, 5.74) is 2.28. The maximum atomic E-state index is 13.0. The third-order valence-electron chi connectivity index (χ3n) is 5.45. The molecular formula is C24H28ClNO5. The Balaban J connectivity index is 1.67. The second-order valence-electron chi connectivity index (χ2n) is 7.54. The van der Waals surface area contributed by atoms with Crippen LogP contribution in [0.3, 0.4) is 0 Å². The maximum Gasteiger partial charge on any atom is 0.309 e. The molecule has 166 valence electrons. The number of aryl methyl sites for hydroxylation is 1. The Morgan fingerprint density at radius 2 is 1.87 bits per heavy atom. The molecule has 0 spiro atoms. The number of esters is 1. The topological polar surface area (TPSA) is 65.1 Å². The van der Waals surface area contributed by atoms with Gasteiger partial charge in [0.25, 0.3) is 5.91 Å². The first-order valence-corrected chi connectivity index (χ1v) is 10.8. The first-order valence-electron chi connectivity index (χ1n) is 10.4. The number of piperidine rings is 1. The van der Waals surface area contributed by atoms with Crippen LogP contribution in [-0.4, -0.2) is 43.6 Å². The molecule has 0 unspecified atom stereocenters. The average molecular weight is 446 g/mol. The van der Waals surface area contributed by atoms with Crippen molar-refractivity contribution in [1.29, 1.82) is 0 Å². The van der Waals surface area contributed by atoms with Crippen molar-refractivity contribution in [3.63, 3.8) is 0 Å². The molecule has 0 atom stereocenters. The average Bonchev–Trinajstić information content (AvgIpc) is 2.79. The Morgan fingerprint density at radius 1 is 1.13 bits per heavy atom. The van der Waals surface area contributed by atoms with Gasteiger partial charge >= 0.3 is 5.97 Å². The van der Waals surface area contributed by atoms with Gasteiger partial charge in [-0.05, 0) is 68.7 Å². The van der Waals surface area contributed by atoms with E-state index in [2.05, 4.69) is 0 Å². The fourth-order valence-electron chi connectivity index (χ4n) is 3.65. The van der Waals surface area contributed by atoms with Gasteiger partial charge in [0, 0.05) is 29.2 Å². The lowest BCUT2D eigenvalue weighted by atomic mass is 9.96. The number of likely N-dealkylation sites (tertiary alicyclic amines) is 1. The number of rotatable bonds is 7. The van der Waals surface area contributed by atoms with Crippen molar-refractivity contribution in [2.75, 3.05) is 26.8 Å². The van der Waals surface area contributed by atoms with E-state index in [0.29, 0.717) is 54.6 Å². The van der Waals surface area contributed by atoms with E-state index in [4.69, 9.17) is 25.8 Å². The normalized spacial score (nSPS) is 14.3. The van der Waals surface area contributed by atoms with Crippen LogP contribution in [0.25, 0.3) is 0 Å². The number of hydrogen-bond acceptors (Lipinski definition) is 5. The van der Waals surface area contributed by atoms with Gasteiger partial charge in [0.2, 0.25) is 0 Å². The summed E-state index contributed by atoms with van der Waals surface area (Å²) in [6.07, 6.45) is 1.24. The molecular weight excluding hydrogens is 418 g/mol. The molecule has 7 heteroatoms. The number of amides is 1. The van der Waals surface area contributed by atoms with Crippen LogP contribution in [0.15, 0.2) is 36.4 Å². The fraction of sp³-hybridized carbons (Fsp3) is 0.417. The van der Waals surface area contributed by atoms with Crippen LogP contribution in [0.1, 0.15) is 41.3 Å². The highest BCUT2D eigenvalue weighted by molar-refractivity contribution is 6.31. The molecule has 0 aliphatic carbocycles. The van der Waals surface area contributed by atoms with E-state index in [9.17, 15) is 9.59 Å². The first-order chi connectivity index (χ1) is 14.9. The minimum atomic E-state index is -0.170. The molecule has 1 heterocycles. The maximum absolute atomic E-state index is 13.0. The van der Waals surface area contributed by atoms with Crippen molar-refractivity contribution in [1.82, 2.24) is 4.90 Å². The van der Waals surface area contributed by atoms with E-state index in [-0.39, 0.29) is 24.4 Å². The van der Waals surface area contributed by atoms with Crippen molar-refractivity contribution >= 4 is 23.5 Å². The predicted octanol–water partition coefficient (Wildman–Crippen LogP) is 4.65. The lowest BCUT2D eigenvalue weighted by Gasteiger charge is -2.31. The SMILES string of the molecule is CCOC(=O)C1CCN(C(=O)c2ccc(OC)c(COc3ccc(Cl)c(C)c3)c2)CC1. The molecule has 31 heavy (non-hydrogen) atoms. The van der Waals surface area contributed by atoms with Crippen LogP contribution in [0.4, 0.5) is 0 Å². The zero-order valence-electron chi connectivity index (χ0n) is 18.2. The summed E-state index contributed by atoms with van der Waals surface area (Å²) in [5, 5.41) is 0.684. The smallest absolute Gasteiger partial charge is 0.309 e. The Morgan fingerprint density at radius 3 is 2.52 bits per heavy atom. The summed E-state index contributed by atoms with van der Waals surface area (Å²) >= 11 is 6.07. The standard InChI is InChI=1S/C24H28ClNO5/c1-4-30-24(28)17-9-11-26(12-10-17)23(27)18-5-8-22(29-3)19(14-18)15-31-20-6-7-21(25)16(2)13-20/h5-8,13-14,17H,4,9-12,15H2,1-3H3. The van der Waals surface area contributed by atoms with E-state index in [1.54, 1.807) is 43.2 Å². The summed E-state index contributed by atoms with van der Waals surface area (Å²) in [4.78, 5) is 26.7. The van der Waals surface area contributed by atoms with E-state index < -0.39 is 0 Å². The number of carbonyl (C=O) groups excluding carboxylic acids is 2. The van der Waals surface area contributed by atoms with E-state index in [0.717, 1.165) is 11.1 Å². The van der Waals surface area contributed by atoms with Crippen molar-refractivity contribution in [2.24, 2.45) is 5.92 Å². The quantitative estimate of drug-likeness (QED) is 0.580. The third-order valence-corrected chi connectivity index (χ3v) is 5.88. The number of benzene rings is 2. The van der Waals surface area contributed by atoms with Gasteiger partial charge in [-0.2, -0.15) is 0 Å². The summed E-state index contributed by atoms with van der Waals surface area (Å²) in [6.45, 7) is 5.42. The van der Waals surface area contributed by atoms with Crippen molar-refractivity contribution in [3.05, 3.63) is 58.1 Å². The summed E-state index contributed by atoms with van der Waals surface area (Å²) in [5.74, 6) is 0.987. The van der Waals surface area contributed by atoms with E-state index in [1.807, 2.05) is 19.1 Å². The first kappa shape index (κ1) is 22.9. The highest BCUT2D eigenvalue weighted by Gasteiger charge is 2.29. The molecule has 1 saturated heterocycles. The molecule has 1 aliphatic heterocycles. The second-order valence-corrected chi connectivity index (χ2v) is 7.95. The van der Waals surface area contributed by atoms with Gasteiger partial charge in [-0.3, -0.25) is 9.59 Å². The highest BCUT2D eigenvalue weighted by Crippen LogP contribution is 2.26. The Labute approximate surface area is 188 Å². The molecule has 2 aromatic carbocycles. The van der Waals surface area contributed by atoms with Gasteiger partial charge in [0.05, 0.1) is 19.6 Å². The number of halogens is 1. The molecule has 0 radical (unpaired) electrons. The molecule has 0 aromatic heterocycles. The molecule has 1 aliphatic rings. The van der Waals surface area contributed by atoms with E-state index >= 15 is 0 Å². The Bertz CT molecular complexity index is 938. The predicted molar refractivity (Wildman–Crippen MR) is 119 cm³/mol. The Kier molecular flexibility index (Phi) is 7.80. The van der Waals surface area contributed by atoms with Gasteiger partial charge in [-0.25, -0.2) is 0 Å². The molecule has 3 rings (SSSR count). The highest BCUT2D eigenvalue weighted by atomic mass is 35.5. The third kappa shape index (κ3) is 5.70. The van der Waals surface area contributed by atoms with Gasteiger partial charge in [0.15, 0.2) is 0 Å². The van der Waals surface area contributed by atoms with Crippen LogP contribution in [0.2, 0.25) is 5.02 Å². The summed E-state index contributed by atoms with van der Waals surface area (Å²) in [6, 6.07) is 10.8. The number of ether oxygens (including phenoxy) is 3. The number of methoxy groups -OCH3 is 1. The monoisotopic (exact) mass is 445 g/mol. The van der Waals surface area contributed by atoms with Gasteiger partial charge in [0.1, 0.15) is 18.1 Å². The second kappa shape index (κ2) is 10.5. The molecule has 0 bridgehead atoms. The minimum absolute atomic E-state index is 0.0615. The van der Waals surface area contributed by atoms with Crippen LogP contribution >= 0.6 is 11.6 Å². The molecule has 0 saturated carbocycles. The number of nitrogens with zero attached hydrogens (tertiary/aromatic N) is 1. The fourth-order valence-corrected chi connectivity index (χ4v) is 3.77. The van der Waals surface area contributed by atoms with Crippen LogP contribution in [0.5, 0.6) is 11.5 Å². The summed E-state index contributed by atoms with van der Waals surface area (Å²) < 4.78 is 16.4. The molecule has 1 amide bonds. The number of hydrogen-bond donors (Lipinski definition) is 0. The number of carbonyl (C=O) groups is 2. The summed E-state index contributed by atoms with van der Waals surface area (Å²) in [7, 11) is 1.59. The van der Waals surface area contributed by atoms with Gasteiger partial charge < -0.3 is 19.1 Å². The molecule has 1 fully saturated rings. The Hall–Kier alpha value is -2.73. The van der Waals surface area contributed by atoms with Gasteiger partial charge in [-0.15, -0.1) is 0 Å². The van der Waals surface area contributed by atoms with Crippen LogP contribution < -0.4 is 9.47 Å². The molecule has 6 nitrogen and oxygen atoms in total. The van der Waals surface area contributed by atoms with E-state index in [1.165, 1.54) is 0 Å². The zero-order chi connectivity index (χ0) is 22.4. The molecule has 0 N–H and O–H groups in total. The molecule has 2 aromatic rings. The van der Waals surface area contributed by atoms with Gasteiger partial charge in [-0.1, -0.05) is 11.6 Å². The van der Waals surface area contributed by atoms with Crippen LogP contribution in [0, 0.1) is 12.8 Å². The van der Waals surface area contributed by atoms with Crippen molar-refractivity contribution in [3.8, 4) is 11.5 Å². The largest absolute Gasteiger partial charge is 0.496 e. The van der Waals surface area contributed by atoms with Crippen molar-refractivity contribution in [2.45, 2.75) is 33.3 Å². The van der Waals surface area contributed by atoms with Crippen molar-refractivity contribution < 1.29 is 23.8 Å². The zero-order valence-corrected chi connectivity index (χ0v) is 18.9. The minimum Gasteiger partial charge on any atom is -0.496 e. The lowest BCUT2D eigenvalue weighted by molar-refractivity contribution is -0.149. The van der Waals surface area contributed by atoms with Crippen LogP contribution in [-0.2, 0) is 16.1 Å².